The fourth-order valence-corrected chi connectivity index (χ4v) is 4.76. The highest BCUT2D eigenvalue weighted by Gasteiger charge is 2.36. The summed E-state index contributed by atoms with van der Waals surface area (Å²) in [5.41, 5.74) is 2.29. The van der Waals surface area contributed by atoms with E-state index in [9.17, 15) is 9.59 Å². The zero-order chi connectivity index (χ0) is 22.3. The van der Waals surface area contributed by atoms with Crippen LogP contribution in [0.3, 0.4) is 0 Å². The highest BCUT2D eigenvalue weighted by molar-refractivity contribution is 5.84. The number of amides is 2. The van der Waals surface area contributed by atoms with E-state index in [0.29, 0.717) is 25.9 Å². The normalized spacial score (nSPS) is 19.8. The van der Waals surface area contributed by atoms with Crippen LogP contribution in [0.15, 0.2) is 54.6 Å². The van der Waals surface area contributed by atoms with E-state index in [1.165, 1.54) is 5.56 Å². The Balaban J connectivity index is 1.27. The molecule has 2 heterocycles. The molecule has 0 aliphatic carbocycles. The van der Waals surface area contributed by atoms with Gasteiger partial charge in [0.25, 0.3) is 0 Å². The Bertz CT molecular complexity index is 918. The summed E-state index contributed by atoms with van der Waals surface area (Å²) in [5, 5.41) is 0. The molecule has 2 aromatic rings. The summed E-state index contributed by atoms with van der Waals surface area (Å²) >= 11 is 0. The van der Waals surface area contributed by atoms with E-state index >= 15 is 0 Å². The second-order valence-electron chi connectivity index (χ2n) is 8.67. The number of carbonyl (C=O) groups excluding carboxylic acids is 2. The molecule has 6 nitrogen and oxygen atoms in total. The van der Waals surface area contributed by atoms with Crippen LogP contribution in [-0.4, -0.2) is 72.4 Å². The first-order valence-electron chi connectivity index (χ1n) is 11.6. The lowest BCUT2D eigenvalue weighted by Gasteiger charge is -2.26. The van der Waals surface area contributed by atoms with E-state index in [-0.39, 0.29) is 17.9 Å². The van der Waals surface area contributed by atoms with Gasteiger partial charge in [0, 0.05) is 45.7 Å². The van der Waals surface area contributed by atoms with Crippen LogP contribution in [0, 0.1) is 0 Å². The molecule has 2 saturated heterocycles. The van der Waals surface area contributed by atoms with Gasteiger partial charge in [-0.1, -0.05) is 42.5 Å². The summed E-state index contributed by atoms with van der Waals surface area (Å²) in [6.45, 7) is 4.58. The molecule has 0 unspecified atom stereocenters. The van der Waals surface area contributed by atoms with Gasteiger partial charge in [-0.15, -0.1) is 0 Å². The van der Waals surface area contributed by atoms with Crippen LogP contribution in [0.1, 0.15) is 30.4 Å². The van der Waals surface area contributed by atoms with Gasteiger partial charge in [0.15, 0.2) is 0 Å². The molecule has 0 aromatic heterocycles. The van der Waals surface area contributed by atoms with E-state index < -0.39 is 0 Å². The number of hydrogen-bond donors (Lipinski definition) is 0. The Labute approximate surface area is 190 Å². The Hall–Kier alpha value is -2.86. The molecule has 6 heteroatoms. The highest BCUT2D eigenvalue weighted by Crippen LogP contribution is 2.21. The molecule has 0 N–H and O–H groups in total. The summed E-state index contributed by atoms with van der Waals surface area (Å²) in [5.74, 6) is 1.24. The van der Waals surface area contributed by atoms with Crippen molar-refractivity contribution in [2.75, 3.05) is 39.8 Å². The van der Waals surface area contributed by atoms with Gasteiger partial charge in [0.1, 0.15) is 5.75 Å². The Morgan fingerprint density at radius 2 is 1.78 bits per heavy atom. The minimum atomic E-state index is -0.0504. The first kappa shape index (κ1) is 22.3. The first-order chi connectivity index (χ1) is 15.6. The van der Waals surface area contributed by atoms with E-state index in [1.54, 1.807) is 7.11 Å². The third-order valence-electron chi connectivity index (χ3n) is 6.57. The smallest absolute Gasteiger partial charge is 0.240 e. The van der Waals surface area contributed by atoms with Crippen molar-refractivity contribution >= 4 is 11.8 Å². The predicted octanol–water partition coefficient (Wildman–Crippen LogP) is 2.96. The van der Waals surface area contributed by atoms with Gasteiger partial charge in [-0.05, 0) is 42.5 Å². The van der Waals surface area contributed by atoms with Crippen molar-refractivity contribution in [3.63, 3.8) is 0 Å². The number of ether oxygens (including phenoxy) is 1. The average molecular weight is 436 g/mol. The number of carbonyl (C=O) groups is 2. The second-order valence-corrected chi connectivity index (χ2v) is 8.67. The molecule has 0 spiro atoms. The molecule has 170 valence electrons. The molecule has 2 aliphatic heterocycles. The number of likely N-dealkylation sites (tertiary alicyclic amines) is 1. The van der Waals surface area contributed by atoms with Gasteiger partial charge in [-0.2, -0.15) is 0 Å². The van der Waals surface area contributed by atoms with Crippen LogP contribution in [0.5, 0.6) is 5.75 Å². The topological polar surface area (TPSA) is 53.1 Å². The molecular weight excluding hydrogens is 402 g/mol. The van der Waals surface area contributed by atoms with Crippen molar-refractivity contribution in [1.82, 2.24) is 14.7 Å². The average Bonchev–Trinajstić information content (AvgIpc) is 3.02. The van der Waals surface area contributed by atoms with Crippen molar-refractivity contribution < 1.29 is 14.3 Å². The van der Waals surface area contributed by atoms with Gasteiger partial charge < -0.3 is 14.5 Å². The number of benzene rings is 2. The third kappa shape index (κ3) is 5.49. The van der Waals surface area contributed by atoms with Crippen LogP contribution >= 0.6 is 0 Å². The van der Waals surface area contributed by atoms with Crippen LogP contribution < -0.4 is 4.74 Å². The summed E-state index contributed by atoms with van der Waals surface area (Å²) in [6, 6.07) is 18.0. The maximum atomic E-state index is 13.0. The van der Waals surface area contributed by atoms with Crippen LogP contribution in [0.2, 0.25) is 0 Å². The summed E-state index contributed by atoms with van der Waals surface area (Å²) < 4.78 is 5.27. The van der Waals surface area contributed by atoms with Crippen molar-refractivity contribution in [3.05, 3.63) is 65.7 Å². The summed E-state index contributed by atoms with van der Waals surface area (Å²) in [7, 11) is 1.66. The van der Waals surface area contributed by atoms with Gasteiger partial charge in [-0.3, -0.25) is 14.5 Å². The van der Waals surface area contributed by atoms with Gasteiger partial charge in [0.05, 0.1) is 13.2 Å². The van der Waals surface area contributed by atoms with Crippen molar-refractivity contribution in [1.29, 1.82) is 0 Å². The van der Waals surface area contributed by atoms with Crippen LogP contribution in [0.4, 0.5) is 0 Å². The number of rotatable bonds is 7. The fraction of sp³-hybridized carbons (Fsp3) is 0.462. The molecule has 2 amide bonds. The van der Waals surface area contributed by atoms with Crippen molar-refractivity contribution in [3.8, 4) is 5.75 Å². The Morgan fingerprint density at radius 3 is 2.59 bits per heavy atom. The molecular formula is C26H33N3O3. The Kier molecular flexibility index (Phi) is 7.43. The molecule has 0 saturated carbocycles. The number of methoxy groups -OCH3 is 1. The molecule has 2 fully saturated rings. The molecule has 0 bridgehead atoms. The fourth-order valence-electron chi connectivity index (χ4n) is 4.76. The molecule has 1 atom stereocenters. The van der Waals surface area contributed by atoms with Gasteiger partial charge >= 0.3 is 0 Å². The van der Waals surface area contributed by atoms with Crippen LogP contribution in [-0.2, 0) is 22.6 Å². The minimum absolute atomic E-state index is 0.0504. The van der Waals surface area contributed by atoms with E-state index in [4.69, 9.17) is 4.74 Å². The summed E-state index contributed by atoms with van der Waals surface area (Å²) in [4.78, 5) is 32.1. The molecule has 32 heavy (non-hydrogen) atoms. The largest absolute Gasteiger partial charge is 0.497 e. The van der Waals surface area contributed by atoms with E-state index in [2.05, 4.69) is 17.0 Å². The lowest BCUT2D eigenvalue weighted by Crippen LogP contribution is -2.44. The number of nitrogens with zero attached hydrogens (tertiary/aromatic N) is 3. The van der Waals surface area contributed by atoms with E-state index in [1.807, 2.05) is 52.3 Å². The quantitative estimate of drug-likeness (QED) is 0.671. The zero-order valence-corrected chi connectivity index (χ0v) is 18.9. The molecule has 0 radical (unpaired) electrons. The molecule has 2 aromatic carbocycles. The SMILES string of the molecule is COc1cccc(CCC(=O)N2CCCN([C@@H]3CCN(Cc4ccccc4)C3=O)CC2)c1. The molecule has 4 rings (SSSR count). The van der Waals surface area contributed by atoms with Gasteiger partial charge in [0.2, 0.25) is 11.8 Å². The highest BCUT2D eigenvalue weighted by atomic mass is 16.5. The number of aryl methyl sites for hydroxylation is 1. The Morgan fingerprint density at radius 1 is 0.969 bits per heavy atom. The standard InChI is InChI=1S/C26H33N3O3/c1-32-23-10-5-9-21(19-23)11-12-25(30)28-15-6-14-27(17-18-28)24-13-16-29(26(24)31)20-22-7-3-2-4-8-22/h2-5,7-10,19,24H,6,11-18,20H2,1H3/t24-/m1/s1. The lowest BCUT2D eigenvalue weighted by atomic mass is 10.1. The predicted molar refractivity (Wildman–Crippen MR) is 124 cm³/mol. The van der Waals surface area contributed by atoms with Crippen molar-refractivity contribution in [2.45, 2.75) is 38.3 Å². The second kappa shape index (κ2) is 10.6. The maximum absolute atomic E-state index is 13.0. The van der Waals surface area contributed by atoms with Crippen LogP contribution in [0.25, 0.3) is 0 Å². The van der Waals surface area contributed by atoms with Crippen molar-refractivity contribution in [2.24, 2.45) is 0 Å². The first-order valence-corrected chi connectivity index (χ1v) is 11.6. The van der Waals surface area contributed by atoms with E-state index in [0.717, 1.165) is 50.3 Å². The molecule has 2 aliphatic rings. The monoisotopic (exact) mass is 435 g/mol. The third-order valence-corrected chi connectivity index (χ3v) is 6.57. The number of hydrogen-bond acceptors (Lipinski definition) is 4. The maximum Gasteiger partial charge on any atom is 0.240 e. The van der Waals surface area contributed by atoms with Gasteiger partial charge in [-0.25, -0.2) is 0 Å². The lowest BCUT2D eigenvalue weighted by molar-refractivity contribution is -0.132. The summed E-state index contributed by atoms with van der Waals surface area (Å²) in [6.07, 6.45) is 3.00. The minimum Gasteiger partial charge on any atom is -0.497 e. The zero-order valence-electron chi connectivity index (χ0n) is 18.9.